The van der Waals surface area contributed by atoms with Crippen LogP contribution < -0.4 is 0 Å². The van der Waals surface area contributed by atoms with Crippen molar-refractivity contribution >= 4 is 17.6 Å². The standard InChI is InChI=1S/C7H9ClO2/c8-7-3-1-2-5(7)10-6(9)4-7/h5H,1-4H2. The molecule has 2 atom stereocenters. The molecule has 0 aromatic carbocycles. The van der Waals surface area contributed by atoms with E-state index in [4.69, 9.17) is 16.3 Å². The molecule has 3 heteroatoms. The minimum absolute atomic E-state index is 0.0154. The van der Waals surface area contributed by atoms with Gasteiger partial charge < -0.3 is 4.74 Å². The normalized spacial score (nSPS) is 45.3. The van der Waals surface area contributed by atoms with E-state index in [2.05, 4.69) is 0 Å². The molecule has 2 unspecified atom stereocenters. The van der Waals surface area contributed by atoms with Gasteiger partial charge in [-0.3, -0.25) is 4.79 Å². The first-order valence-corrected chi connectivity index (χ1v) is 3.97. The number of hydrogen-bond acceptors (Lipinski definition) is 2. The number of rotatable bonds is 0. The fraction of sp³-hybridized carbons (Fsp3) is 0.857. The Morgan fingerprint density at radius 1 is 1.70 bits per heavy atom. The summed E-state index contributed by atoms with van der Waals surface area (Å²) >= 11 is 6.12. The smallest absolute Gasteiger partial charge is 0.308 e. The molecule has 1 heterocycles. The predicted molar refractivity (Wildman–Crippen MR) is 36.9 cm³/mol. The van der Waals surface area contributed by atoms with Crippen molar-refractivity contribution in [3.8, 4) is 0 Å². The molecule has 1 saturated carbocycles. The van der Waals surface area contributed by atoms with Crippen LogP contribution >= 0.6 is 11.6 Å². The molecule has 56 valence electrons. The number of esters is 1. The molecule has 0 spiro atoms. The first kappa shape index (κ1) is 6.47. The summed E-state index contributed by atoms with van der Waals surface area (Å²) in [5, 5.41) is 0. The summed E-state index contributed by atoms with van der Waals surface area (Å²) in [6, 6.07) is 0. The zero-order chi connectivity index (χ0) is 7.19. The fourth-order valence-electron chi connectivity index (χ4n) is 1.81. The SMILES string of the molecule is O=C1CC2(Cl)CCCC2O1. The summed E-state index contributed by atoms with van der Waals surface area (Å²) in [4.78, 5) is 10.4. The summed E-state index contributed by atoms with van der Waals surface area (Å²) in [5.41, 5.74) is 0. The average molecular weight is 161 g/mol. The van der Waals surface area contributed by atoms with Gasteiger partial charge in [0.15, 0.2) is 0 Å². The van der Waals surface area contributed by atoms with Crippen molar-refractivity contribution in [1.82, 2.24) is 0 Å². The molecule has 2 nitrogen and oxygen atoms in total. The van der Waals surface area contributed by atoms with Crippen LogP contribution in [-0.2, 0) is 9.53 Å². The van der Waals surface area contributed by atoms with Gasteiger partial charge in [-0.1, -0.05) is 0 Å². The molecule has 2 fully saturated rings. The molecular formula is C7H9ClO2. The monoisotopic (exact) mass is 160 g/mol. The number of hydrogen-bond donors (Lipinski definition) is 0. The first-order chi connectivity index (χ1) is 4.71. The van der Waals surface area contributed by atoms with E-state index in [-0.39, 0.29) is 16.9 Å². The first-order valence-electron chi connectivity index (χ1n) is 3.59. The Balaban J connectivity index is 2.22. The van der Waals surface area contributed by atoms with E-state index in [0.29, 0.717) is 6.42 Å². The second-order valence-corrected chi connectivity index (χ2v) is 3.83. The Bertz CT molecular complexity index is 180. The highest BCUT2D eigenvalue weighted by Gasteiger charge is 2.50. The van der Waals surface area contributed by atoms with Crippen LogP contribution in [0, 0.1) is 0 Å². The van der Waals surface area contributed by atoms with E-state index >= 15 is 0 Å². The van der Waals surface area contributed by atoms with Gasteiger partial charge in [0.05, 0.1) is 11.3 Å². The molecule has 0 aromatic rings. The molecule has 0 radical (unpaired) electrons. The Morgan fingerprint density at radius 3 is 3.20 bits per heavy atom. The summed E-state index contributed by atoms with van der Waals surface area (Å²) in [6.07, 6.45) is 3.42. The molecule has 0 amide bonds. The maximum atomic E-state index is 10.8. The van der Waals surface area contributed by atoms with Gasteiger partial charge in [-0.05, 0) is 19.3 Å². The molecule has 2 rings (SSSR count). The maximum absolute atomic E-state index is 10.8. The quantitative estimate of drug-likeness (QED) is 0.396. The molecule has 0 N–H and O–H groups in total. The van der Waals surface area contributed by atoms with Gasteiger partial charge in [0.25, 0.3) is 0 Å². The molecule has 1 aliphatic carbocycles. The third kappa shape index (κ3) is 0.749. The van der Waals surface area contributed by atoms with Crippen LogP contribution in [0.5, 0.6) is 0 Å². The fourth-order valence-corrected chi connectivity index (χ4v) is 2.20. The van der Waals surface area contributed by atoms with E-state index in [1.165, 1.54) is 0 Å². The second kappa shape index (κ2) is 1.88. The Morgan fingerprint density at radius 2 is 2.50 bits per heavy atom. The zero-order valence-electron chi connectivity index (χ0n) is 5.60. The molecule has 1 aliphatic heterocycles. The van der Waals surface area contributed by atoms with Gasteiger partial charge in [-0.25, -0.2) is 0 Å². The van der Waals surface area contributed by atoms with Crippen LogP contribution in [-0.4, -0.2) is 16.9 Å². The minimum atomic E-state index is -0.322. The summed E-state index contributed by atoms with van der Waals surface area (Å²) in [5.74, 6) is -0.125. The van der Waals surface area contributed by atoms with Crippen molar-refractivity contribution in [2.45, 2.75) is 36.7 Å². The summed E-state index contributed by atoms with van der Waals surface area (Å²) in [7, 11) is 0. The number of carbonyl (C=O) groups excluding carboxylic acids is 1. The van der Waals surface area contributed by atoms with Crippen molar-refractivity contribution in [1.29, 1.82) is 0 Å². The van der Waals surface area contributed by atoms with Gasteiger partial charge in [0, 0.05) is 0 Å². The van der Waals surface area contributed by atoms with E-state index in [9.17, 15) is 4.79 Å². The lowest BCUT2D eigenvalue weighted by Crippen LogP contribution is -2.24. The number of alkyl halides is 1. The topological polar surface area (TPSA) is 26.3 Å². The summed E-state index contributed by atoms with van der Waals surface area (Å²) in [6.45, 7) is 0. The zero-order valence-corrected chi connectivity index (χ0v) is 6.36. The van der Waals surface area contributed by atoms with Crippen LogP contribution in [0.1, 0.15) is 25.7 Å². The highest BCUT2D eigenvalue weighted by molar-refractivity contribution is 6.26. The molecule has 0 aromatic heterocycles. The van der Waals surface area contributed by atoms with E-state index < -0.39 is 0 Å². The Labute approximate surface area is 64.5 Å². The van der Waals surface area contributed by atoms with E-state index in [1.807, 2.05) is 0 Å². The van der Waals surface area contributed by atoms with Crippen LogP contribution in [0.3, 0.4) is 0 Å². The molecule has 1 saturated heterocycles. The number of halogens is 1. The molecular weight excluding hydrogens is 152 g/mol. The third-order valence-electron chi connectivity index (χ3n) is 2.35. The molecule has 2 aliphatic rings. The van der Waals surface area contributed by atoms with E-state index in [1.54, 1.807) is 0 Å². The van der Waals surface area contributed by atoms with Crippen molar-refractivity contribution in [3.63, 3.8) is 0 Å². The van der Waals surface area contributed by atoms with E-state index in [0.717, 1.165) is 19.3 Å². The van der Waals surface area contributed by atoms with Gasteiger partial charge >= 0.3 is 5.97 Å². The molecule has 0 bridgehead atoms. The minimum Gasteiger partial charge on any atom is -0.460 e. The van der Waals surface area contributed by atoms with Crippen molar-refractivity contribution in [2.24, 2.45) is 0 Å². The van der Waals surface area contributed by atoms with Crippen molar-refractivity contribution in [2.75, 3.05) is 0 Å². The van der Waals surface area contributed by atoms with Crippen LogP contribution in [0.4, 0.5) is 0 Å². The number of carbonyl (C=O) groups is 1. The number of fused-ring (bicyclic) bond motifs is 1. The Hall–Kier alpha value is -0.240. The number of ether oxygens (including phenoxy) is 1. The Kier molecular flexibility index (Phi) is 1.21. The second-order valence-electron chi connectivity index (χ2n) is 3.08. The van der Waals surface area contributed by atoms with Crippen LogP contribution in [0.2, 0.25) is 0 Å². The highest BCUT2D eigenvalue weighted by atomic mass is 35.5. The van der Waals surface area contributed by atoms with Crippen molar-refractivity contribution < 1.29 is 9.53 Å². The van der Waals surface area contributed by atoms with Gasteiger partial charge in [-0.2, -0.15) is 0 Å². The largest absolute Gasteiger partial charge is 0.460 e. The maximum Gasteiger partial charge on any atom is 0.308 e. The molecule has 10 heavy (non-hydrogen) atoms. The van der Waals surface area contributed by atoms with Crippen molar-refractivity contribution in [3.05, 3.63) is 0 Å². The highest BCUT2D eigenvalue weighted by Crippen LogP contribution is 2.45. The summed E-state index contributed by atoms with van der Waals surface area (Å²) < 4.78 is 5.02. The lowest BCUT2D eigenvalue weighted by atomic mass is 10.0. The lowest BCUT2D eigenvalue weighted by molar-refractivity contribution is -0.141. The van der Waals surface area contributed by atoms with Gasteiger partial charge in [0.2, 0.25) is 0 Å². The third-order valence-corrected chi connectivity index (χ3v) is 2.91. The predicted octanol–water partition coefficient (Wildman–Crippen LogP) is 1.46. The van der Waals surface area contributed by atoms with Gasteiger partial charge in [0.1, 0.15) is 6.10 Å². The van der Waals surface area contributed by atoms with Crippen LogP contribution in [0.25, 0.3) is 0 Å². The van der Waals surface area contributed by atoms with Gasteiger partial charge in [-0.15, -0.1) is 11.6 Å². The average Bonchev–Trinajstić information content (AvgIpc) is 2.20. The van der Waals surface area contributed by atoms with Crippen LogP contribution in [0.15, 0.2) is 0 Å². The lowest BCUT2D eigenvalue weighted by Gasteiger charge is -2.15.